The maximum Gasteiger partial charge on any atom is 0.164 e. The quantitative estimate of drug-likeness (QED) is 0.867. The fraction of sp³-hybridized carbons (Fsp3) is 0.412. The summed E-state index contributed by atoms with van der Waals surface area (Å²) in [4.78, 5) is 11.0. The van der Waals surface area contributed by atoms with E-state index in [1.807, 2.05) is 43.4 Å². The molecule has 0 N–H and O–H groups in total. The molecule has 116 valence electrons. The molecule has 0 aliphatic carbocycles. The molecule has 0 fully saturated rings. The zero-order valence-corrected chi connectivity index (χ0v) is 13.2. The molecule has 0 bridgehead atoms. The summed E-state index contributed by atoms with van der Waals surface area (Å²) in [6, 6.07) is 7.96. The van der Waals surface area contributed by atoms with Gasteiger partial charge in [0.05, 0.1) is 13.7 Å². The third kappa shape index (κ3) is 2.98. The summed E-state index contributed by atoms with van der Waals surface area (Å²) in [5.41, 5.74) is 1.19. The van der Waals surface area contributed by atoms with Gasteiger partial charge in [-0.05, 0) is 24.1 Å². The molecule has 1 atom stereocenters. The van der Waals surface area contributed by atoms with Crippen LogP contribution in [0, 0.1) is 5.92 Å². The average molecular weight is 299 g/mol. The van der Waals surface area contributed by atoms with Gasteiger partial charge in [-0.2, -0.15) is 0 Å². The van der Waals surface area contributed by atoms with Gasteiger partial charge in [-0.15, -0.1) is 0 Å². The fourth-order valence-electron chi connectivity index (χ4n) is 2.74. The highest BCUT2D eigenvalue weighted by Gasteiger charge is 2.23. The van der Waals surface area contributed by atoms with Crippen LogP contribution in [0.5, 0.6) is 11.5 Å². The van der Waals surface area contributed by atoms with E-state index in [1.54, 1.807) is 7.11 Å². The summed E-state index contributed by atoms with van der Waals surface area (Å²) in [5.74, 6) is 3.87. The van der Waals surface area contributed by atoms with Gasteiger partial charge in [0.2, 0.25) is 0 Å². The molecule has 1 aliphatic heterocycles. The predicted octanol–water partition coefficient (Wildman–Crippen LogP) is 2.35. The van der Waals surface area contributed by atoms with Crippen LogP contribution >= 0.6 is 0 Å². The monoisotopic (exact) mass is 299 g/mol. The maximum atomic E-state index is 5.92. The highest BCUT2D eigenvalue weighted by Crippen LogP contribution is 2.36. The summed E-state index contributed by atoms with van der Waals surface area (Å²) in [7, 11) is 5.64. The Morgan fingerprint density at radius 1 is 1.32 bits per heavy atom. The second-order valence-electron chi connectivity index (χ2n) is 5.76. The molecule has 0 saturated carbocycles. The minimum absolute atomic E-state index is 0.386. The van der Waals surface area contributed by atoms with Crippen LogP contribution < -0.4 is 14.4 Å². The van der Waals surface area contributed by atoms with Crippen molar-refractivity contribution in [3.63, 3.8) is 0 Å². The molecule has 22 heavy (non-hydrogen) atoms. The lowest BCUT2D eigenvalue weighted by molar-refractivity contribution is 0.209. The fourth-order valence-corrected chi connectivity index (χ4v) is 2.74. The second kappa shape index (κ2) is 6.22. The first kappa shape index (κ1) is 14.6. The number of rotatable bonds is 4. The van der Waals surface area contributed by atoms with Crippen LogP contribution in [0.25, 0.3) is 0 Å². The molecule has 3 rings (SSSR count). The predicted molar refractivity (Wildman–Crippen MR) is 85.7 cm³/mol. The van der Waals surface area contributed by atoms with Crippen LogP contribution in [0.1, 0.15) is 11.4 Å². The summed E-state index contributed by atoms with van der Waals surface area (Å²) in [5, 5.41) is 0. The number of benzene rings is 1. The largest absolute Gasteiger partial charge is 0.493 e. The Bertz CT molecular complexity index is 658. The number of methoxy groups -OCH3 is 1. The normalized spacial score (nSPS) is 16.6. The number of aromatic nitrogens is 2. The Labute approximate surface area is 130 Å². The Morgan fingerprint density at radius 2 is 2.18 bits per heavy atom. The van der Waals surface area contributed by atoms with Gasteiger partial charge in [0.15, 0.2) is 11.5 Å². The van der Waals surface area contributed by atoms with Crippen molar-refractivity contribution in [2.75, 3.05) is 32.7 Å². The van der Waals surface area contributed by atoms with Crippen LogP contribution in [0.2, 0.25) is 0 Å². The molecule has 0 saturated heterocycles. The van der Waals surface area contributed by atoms with Gasteiger partial charge in [-0.1, -0.05) is 12.1 Å². The van der Waals surface area contributed by atoms with Crippen LogP contribution in [0.4, 0.5) is 5.82 Å². The molecule has 1 aliphatic rings. The van der Waals surface area contributed by atoms with E-state index in [9.17, 15) is 0 Å². The lowest BCUT2D eigenvalue weighted by Gasteiger charge is -2.26. The molecule has 0 unspecified atom stereocenters. The molecule has 1 aromatic carbocycles. The molecule has 0 radical (unpaired) electrons. The van der Waals surface area contributed by atoms with Crippen LogP contribution in [0.15, 0.2) is 30.5 Å². The number of hydrogen-bond acceptors (Lipinski definition) is 5. The van der Waals surface area contributed by atoms with E-state index in [0.29, 0.717) is 12.5 Å². The number of para-hydroxylation sites is 1. The third-order valence-electron chi connectivity index (χ3n) is 3.87. The van der Waals surface area contributed by atoms with Crippen molar-refractivity contribution < 1.29 is 9.47 Å². The van der Waals surface area contributed by atoms with E-state index in [0.717, 1.165) is 36.0 Å². The van der Waals surface area contributed by atoms with Gasteiger partial charge in [0.25, 0.3) is 0 Å². The molecule has 2 aromatic rings. The molecule has 2 heterocycles. The van der Waals surface area contributed by atoms with E-state index in [-0.39, 0.29) is 0 Å². The molecule has 0 amide bonds. The Hall–Kier alpha value is -2.30. The van der Waals surface area contributed by atoms with Gasteiger partial charge >= 0.3 is 0 Å². The Kier molecular flexibility index (Phi) is 4.13. The van der Waals surface area contributed by atoms with Crippen molar-refractivity contribution in [1.29, 1.82) is 0 Å². The third-order valence-corrected chi connectivity index (χ3v) is 3.87. The van der Waals surface area contributed by atoms with Crippen LogP contribution in [-0.4, -0.2) is 37.8 Å². The van der Waals surface area contributed by atoms with Crippen molar-refractivity contribution in [3.8, 4) is 11.5 Å². The lowest BCUT2D eigenvalue weighted by atomic mass is 9.93. The molecular formula is C17H21N3O2. The minimum atomic E-state index is 0.386. The van der Waals surface area contributed by atoms with Crippen molar-refractivity contribution in [2.45, 2.75) is 12.8 Å². The van der Waals surface area contributed by atoms with Crippen molar-refractivity contribution in [3.05, 3.63) is 41.9 Å². The van der Waals surface area contributed by atoms with E-state index in [2.05, 4.69) is 16.0 Å². The zero-order valence-electron chi connectivity index (χ0n) is 13.2. The van der Waals surface area contributed by atoms with E-state index < -0.39 is 0 Å². The number of hydrogen-bond donors (Lipinski definition) is 0. The van der Waals surface area contributed by atoms with Crippen molar-refractivity contribution in [1.82, 2.24) is 9.97 Å². The molecular weight excluding hydrogens is 278 g/mol. The summed E-state index contributed by atoms with van der Waals surface area (Å²) in [6.07, 6.45) is 3.60. The minimum Gasteiger partial charge on any atom is -0.493 e. The summed E-state index contributed by atoms with van der Waals surface area (Å²) in [6.45, 7) is 0.670. The van der Waals surface area contributed by atoms with E-state index >= 15 is 0 Å². The lowest BCUT2D eigenvalue weighted by Crippen LogP contribution is -2.24. The van der Waals surface area contributed by atoms with Crippen LogP contribution in [-0.2, 0) is 12.8 Å². The van der Waals surface area contributed by atoms with Gasteiger partial charge in [-0.25, -0.2) is 9.97 Å². The Morgan fingerprint density at radius 3 is 2.95 bits per heavy atom. The second-order valence-corrected chi connectivity index (χ2v) is 5.76. The van der Waals surface area contributed by atoms with E-state index in [4.69, 9.17) is 9.47 Å². The maximum absolute atomic E-state index is 5.92. The molecule has 1 aromatic heterocycles. The zero-order chi connectivity index (χ0) is 15.5. The molecule has 5 nitrogen and oxygen atoms in total. The number of anilines is 1. The number of nitrogens with zero attached hydrogens (tertiary/aromatic N) is 3. The standard InChI is InChI=1S/C17H21N3O2/c1-20(2)16-7-8-18-15(19-16)10-12-9-13-5-4-6-14(21-3)17(13)22-11-12/h4-8,12H,9-11H2,1-3H3/t12-/m0/s1. The van der Waals surface area contributed by atoms with Crippen molar-refractivity contribution in [2.24, 2.45) is 5.92 Å². The van der Waals surface area contributed by atoms with E-state index in [1.165, 1.54) is 5.56 Å². The van der Waals surface area contributed by atoms with Gasteiger partial charge in [0, 0.05) is 32.6 Å². The first-order valence-corrected chi connectivity index (χ1v) is 7.45. The average Bonchev–Trinajstić information content (AvgIpc) is 2.54. The van der Waals surface area contributed by atoms with Gasteiger partial charge in [-0.3, -0.25) is 0 Å². The Balaban J connectivity index is 1.74. The number of ether oxygens (including phenoxy) is 2. The SMILES string of the molecule is COc1cccc2c1OC[C@H](Cc1nccc(N(C)C)n1)C2. The number of fused-ring (bicyclic) bond motifs is 1. The first-order valence-electron chi connectivity index (χ1n) is 7.45. The topological polar surface area (TPSA) is 47.5 Å². The van der Waals surface area contributed by atoms with Crippen molar-refractivity contribution >= 4 is 5.82 Å². The van der Waals surface area contributed by atoms with Gasteiger partial charge in [0.1, 0.15) is 11.6 Å². The first-order chi connectivity index (χ1) is 10.7. The molecule has 5 heteroatoms. The van der Waals surface area contributed by atoms with Crippen LogP contribution in [0.3, 0.4) is 0 Å². The van der Waals surface area contributed by atoms with Gasteiger partial charge < -0.3 is 14.4 Å². The smallest absolute Gasteiger partial charge is 0.164 e. The highest BCUT2D eigenvalue weighted by molar-refractivity contribution is 5.47. The summed E-state index contributed by atoms with van der Waals surface area (Å²) < 4.78 is 11.3. The highest BCUT2D eigenvalue weighted by atomic mass is 16.5. The molecule has 0 spiro atoms. The summed E-state index contributed by atoms with van der Waals surface area (Å²) >= 11 is 0.